The predicted octanol–water partition coefficient (Wildman–Crippen LogP) is 4.58. The van der Waals surface area contributed by atoms with Gasteiger partial charge in [-0.15, -0.1) is 0 Å². The van der Waals surface area contributed by atoms with Crippen molar-refractivity contribution in [3.63, 3.8) is 0 Å². The van der Waals surface area contributed by atoms with Gasteiger partial charge in [0.25, 0.3) is 0 Å². The number of methoxy groups -OCH3 is 1. The molecule has 4 heterocycles. The van der Waals surface area contributed by atoms with Gasteiger partial charge in [0.2, 0.25) is 5.88 Å². The van der Waals surface area contributed by atoms with E-state index in [-0.39, 0.29) is 0 Å². The zero-order chi connectivity index (χ0) is 24.7. The van der Waals surface area contributed by atoms with E-state index in [9.17, 15) is 13.2 Å². The van der Waals surface area contributed by atoms with Gasteiger partial charge in [0.1, 0.15) is 17.8 Å². The average molecular weight is 483 g/mol. The van der Waals surface area contributed by atoms with Crippen LogP contribution in [0.5, 0.6) is 5.88 Å². The molecule has 35 heavy (non-hydrogen) atoms. The molecule has 0 atom stereocenters. The number of rotatable bonds is 5. The SMILES string of the molecule is COc1ncnc(C)c1-c1cc2n(n1)CCCN2Cc1ccc(-n2nc(C(F)(F)F)cc2C)cc1. The maximum Gasteiger partial charge on any atom is 0.435 e. The molecule has 0 N–H and O–H groups in total. The fraction of sp³-hybridized carbons (Fsp3) is 0.333. The van der Waals surface area contributed by atoms with Crippen LogP contribution in [0.4, 0.5) is 19.0 Å². The molecule has 8 nitrogen and oxygen atoms in total. The summed E-state index contributed by atoms with van der Waals surface area (Å²) in [5.41, 5.74) is 3.46. The summed E-state index contributed by atoms with van der Waals surface area (Å²) in [6, 6.07) is 10.5. The number of fused-ring (bicyclic) bond motifs is 1. The van der Waals surface area contributed by atoms with E-state index in [1.54, 1.807) is 26.2 Å². The van der Waals surface area contributed by atoms with Gasteiger partial charge in [-0.3, -0.25) is 0 Å². The van der Waals surface area contributed by atoms with E-state index in [4.69, 9.17) is 9.84 Å². The molecule has 0 bridgehead atoms. The molecule has 0 fully saturated rings. The second-order valence-electron chi connectivity index (χ2n) is 8.48. The predicted molar refractivity (Wildman–Crippen MR) is 124 cm³/mol. The van der Waals surface area contributed by atoms with Crippen LogP contribution in [0.3, 0.4) is 0 Å². The van der Waals surface area contributed by atoms with E-state index in [0.717, 1.165) is 53.9 Å². The third-order valence-electron chi connectivity index (χ3n) is 6.06. The first-order chi connectivity index (χ1) is 16.7. The van der Waals surface area contributed by atoms with Crippen molar-refractivity contribution in [2.24, 2.45) is 0 Å². The number of aryl methyl sites for hydroxylation is 3. The summed E-state index contributed by atoms with van der Waals surface area (Å²) in [6.45, 7) is 5.81. The zero-order valence-electron chi connectivity index (χ0n) is 19.5. The van der Waals surface area contributed by atoms with E-state index in [2.05, 4.69) is 20.0 Å². The third-order valence-corrected chi connectivity index (χ3v) is 6.06. The van der Waals surface area contributed by atoms with Gasteiger partial charge in [-0.25, -0.2) is 19.3 Å². The Balaban J connectivity index is 1.39. The summed E-state index contributed by atoms with van der Waals surface area (Å²) in [6.07, 6.45) is -2.06. The topological polar surface area (TPSA) is 73.9 Å². The highest BCUT2D eigenvalue weighted by Crippen LogP contribution is 2.34. The molecule has 1 aliphatic rings. The molecular weight excluding hydrogens is 459 g/mol. The quantitative estimate of drug-likeness (QED) is 0.414. The molecule has 0 saturated heterocycles. The highest BCUT2D eigenvalue weighted by atomic mass is 19.4. The third kappa shape index (κ3) is 4.33. The summed E-state index contributed by atoms with van der Waals surface area (Å²) < 4.78 is 47.8. The van der Waals surface area contributed by atoms with Crippen molar-refractivity contribution in [3.05, 3.63) is 65.4 Å². The van der Waals surface area contributed by atoms with Crippen LogP contribution in [0, 0.1) is 13.8 Å². The summed E-state index contributed by atoms with van der Waals surface area (Å²) in [4.78, 5) is 10.7. The van der Waals surface area contributed by atoms with Crippen molar-refractivity contribution in [2.45, 2.75) is 39.5 Å². The van der Waals surface area contributed by atoms with E-state index in [1.165, 1.54) is 11.0 Å². The van der Waals surface area contributed by atoms with Crippen LogP contribution < -0.4 is 9.64 Å². The van der Waals surface area contributed by atoms with Gasteiger partial charge in [0.15, 0.2) is 5.69 Å². The molecule has 182 valence electrons. The van der Waals surface area contributed by atoms with Crippen molar-refractivity contribution in [2.75, 3.05) is 18.6 Å². The van der Waals surface area contributed by atoms with Crippen LogP contribution in [0.15, 0.2) is 42.7 Å². The Morgan fingerprint density at radius 2 is 1.77 bits per heavy atom. The van der Waals surface area contributed by atoms with E-state index in [1.807, 2.05) is 29.8 Å². The van der Waals surface area contributed by atoms with E-state index in [0.29, 0.717) is 23.8 Å². The Hall–Kier alpha value is -3.89. The lowest BCUT2D eigenvalue weighted by Crippen LogP contribution is -2.31. The second-order valence-corrected chi connectivity index (χ2v) is 8.48. The van der Waals surface area contributed by atoms with Gasteiger partial charge in [-0.1, -0.05) is 12.1 Å². The van der Waals surface area contributed by atoms with Crippen LogP contribution in [0.1, 0.15) is 29.1 Å². The molecule has 4 aromatic rings. The number of nitrogens with zero attached hydrogens (tertiary/aromatic N) is 7. The number of alkyl halides is 3. The van der Waals surface area contributed by atoms with Crippen LogP contribution >= 0.6 is 0 Å². The number of hydrogen-bond donors (Lipinski definition) is 0. The second kappa shape index (κ2) is 8.71. The molecular formula is C24H24F3N7O. The molecule has 0 saturated carbocycles. The van der Waals surface area contributed by atoms with Gasteiger partial charge in [-0.05, 0) is 44.0 Å². The van der Waals surface area contributed by atoms with Gasteiger partial charge in [0, 0.05) is 31.4 Å². The maximum atomic E-state index is 13.0. The standard InChI is InChI=1S/C24H24F3N7O/c1-15-11-20(24(25,26)27)31-34(15)18-7-5-17(6-8-18)13-32-9-4-10-33-21(32)12-19(30-33)22-16(2)28-14-29-23(22)35-3/h5-8,11-12,14H,4,9-10,13H2,1-3H3. The number of halogens is 3. The van der Waals surface area contributed by atoms with Gasteiger partial charge in [-0.2, -0.15) is 23.4 Å². The smallest absolute Gasteiger partial charge is 0.435 e. The first kappa shape index (κ1) is 22.9. The fourth-order valence-corrected chi connectivity index (χ4v) is 4.37. The number of ether oxygens (including phenoxy) is 1. The van der Waals surface area contributed by atoms with E-state index < -0.39 is 11.9 Å². The Morgan fingerprint density at radius 3 is 2.46 bits per heavy atom. The van der Waals surface area contributed by atoms with Crippen molar-refractivity contribution in [3.8, 4) is 22.8 Å². The van der Waals surface area contributed by atoms with Gasteiger partial charge in [0.05, 0.1) is 24.1 Å². The summed E-state index contributed by atoms with van der Waals surface area (Å²) in [5, 5.41) is 8.51. The molecule has 0 unspecified atom stereocenters. The van der Waals surface area contributed by atoms with Crippen molar-refractivity contribution < 1.29 is 17.9 Å². The van der Waals surface area contributed by atoms with Crippen molar-refractivity contribution >= 4 is 5.82 Å². The first-order valence-corrected chi connectivity index (χ1v) is 11.2. The summed E-state index contributed by atoms with van der Waals surface area (Å²) in [7, 11) is 1.58. The van der Waals surface area contributed by atoms with Crippen LogP contribution in [-0.2, 0) is 19.3 Å². The number of aromatic nitrogens is 6. The lowest BCUT2D eigenvalue weighted by Gasteiger charge is -2.29. The molecule has 11 heteroatoms. The number of anilines is 1. The normalized spacial score (nSPS) is 13.7. The van der Waals surface area contributed by atoms with Crippen molar-refractivity contribution in [1.29, 1.82) is 0 Å². The summed E-state index contributed by atoms with van der Waals surface area (Å²) in [5.74, 6) is 1.47. The molecule has 1 aliphatic heterocycles. The molecule has 0 radical (unpaired) electrons. The molecule has 1 aromatic carbocycles. The van der Waals surface area contributed by atoms with Crippen LogP contribution in [0.2, 0.25) is 0 Å². The molecule has 0 spiro atoms. The minimum absolute atomic E-state index is 0.424. The highest BCUT2D eigenvalue weighted by Gasteiger charge is 2.34. The number of benzene rings is 1. The fourth-order valence-electron chi connectivity index (χ4n) is 4.37. The van der Waals surface area contributed by atoms with Gasteiger partial charge >= 0.3 is 6.18 Å². The summed E-state index contributed by atoms with van der Waals surface area (Å²) >= 11 is 0. The zero-order valence-corrected chi connectivity index (χ0v) is 19.5. The largest absolute Gasteiger partial charge is 0.480 e. The lowest BCUT2D eigenvalue weighted by atomic mass is 10.1. The lowest BCUT2D eigenvalue weighted by molar-refractivity contribution is -0.141. The highest BCUT2D eigenvalue weighted by molar-refractivity contribution is 5.70. The molecule has 0 aliphatic carbocycles. The average Bonchev–Trinajstić information content (AvgIpc) is 3.43. The minimum atomic E-state index is -4.47. The number of hydrogen-bond acceptors (Lipinski definition) is 6. The van der Waals surface area contributed by atoms with Crippen LogP contribution in [0.25, 0.3) is 16.9 Å². The van der Waals surface area contributed by atoms with Crippen molar-refractivity contribution in [1.82, 2.24) is 29.5 Å². The molecule has 5 rings (SSSR count). The minimum Gasteiger partial charge on any atom is -0.480 e. The maximum absolute atomic E-state index is 13.0. The Labute approximate surface area is 200 Å². The molecule has 3 aromatic heterocycles. The first-order valence-electron chi connectivity index (χ1n) is 11.2. The Kier molecular flexibility index (Phi) is 5.70. The Bertz CT molecular complexity index is 1360. The molecule has 0 amide bonds. The van der Waals surface area contributed by atoms with Gasteiger partial charge < -0.3 is 9.64 Å². The monoisotopic (exact) mass is 483 g/mol. The van der Waals surface area contributed by atoms with E-state index >= 15 is 0 Å². The Morgan fingerprint density at radius 1 is 1.00 bits per heavy atom. The van der Waals surface area contributed by atoms with Crippen LogP contribution in [-0.4, -0.2) is 43.2 Å².